The van der Waals surface area contributed by atoms with E-state index in [0.29, 0.717) is 19.0 Å². The van der Waals surface area contributed by atoms with Gasteiger partial charge in [-0.15, -0.1) is 5.10 Å². The van der Waals surface area contributed by atoms with Crippen molar-refractivity contribution in [3.63, 3.8) is 0 Å². The monoisotopic (exact) mass is 315 g/mol. The standard InChI is InChI=1S/C16H21N5O2/c1-20-8-13(18-19-20)12-7-21(9-14(12)23-2)16(22)15-11(5-6-17-15)10-3-4-10/h5-6,8,10,12,14,17H,3-4,7,9H2,1-2H3/t12-,14+/m0/s1. The number of carbonyl (C=O) groups excluding carboxylic acids is 1. The maximum absolute atomic E-state index is 12.9. The minimum Gasteiger partial charge on any atom is -0.379 e. The maximum Gasteiger partial charge on any atom is 0.270 e. The van der Waals surface area contributed by atoms with Crippen LogP contribution in [0.1, 0.15) is 46.4 Å². The summed E-state index contributed by atoms with van der Waals surface area (Å²) in [7, 11) is 3.53. The van der Waals surface area contributed by atoms with Crippen LogP contribution in [0.2, 0.25) is 0 Å². The third-order valence-corrected chi connectivity index (χ3v) is 4.87. The number of rotatable bonds is 4. The Morgan fingerprint density at radius 3 is 2.87 bits per heavy atom. The number of likely N-dealkylation sites (tertiary alicyclic amines) is 1. The molecule has 2 atom stereocenters. The van der Waals surface area contributed by atoms with E-state index < -0.39 is 0 Å². The molecular formula is C16H21N5O2. The Morgan fingerprint density at radius 1 is 1.39 bits per heavy atom. The van der Waals surface area contributed by atoms with E-state index in [-0.39, 0.29) is 17.9 Å². The molecule has 1 saturated heterocycles. The molecule has 1 amide bonds. The first-order valence-electron chi connectivity index (χ1n) is 8.03. The molecular weight excluding hydrogens is 294 g/mol. The minimum absolute atomic E-state index is 0.0463. The van der Waals surface area contributed by atoms with Gasteiger partial charge >= 0.3 is 0 Å². The van der Waals surface area contributed by atoms with Crippen molar-refractivity contribution in [1.82, 2.24) is 24.9 Å². The third kappa shape index (κ3) is 2.55. The van der Waals surface area contributed by atoms with E-state index >= 15 is 0 Å². The average Bonchev–Trinajstić information content (AvgIpc) is 2.99. The highest BCUT2D eigenvalue weighted by Gasteiger charge is 2.39. The molecule has 3 heterocycles. The predicted octanol–water partition coefficient (Wildman–Crippen LogP) is 1.28. The lowest BCUT2D eigenvalue weighted by atomic mass is 10.0. The number of amides is 1. The van der Waals surface area contributed by atoms with Crippen LogP contribution >= 0.6 is 0 Å². The van der Waals surface area contributed by atoms with E-state index in [1.165, 1.54) is 12.8 Å². The van der Waals surface area contributed by atoms with Crippen molar-refractivity contribution in [1.29, 1.82) is 0 Å². The fourth-order valence-corrected chi connectivity index (χ4v) is 3.46. The quantitative estimate of drug-likeness (QED) is 0.922. The summed E-state index contributed by atoms with van der Waals surface area (Å²) in [6.07, 6.45) is 6.08. The molecule has 0 bridgehead atoms. The van der Waals surface area contributed by atoms with E-state index in [1.54, 1.807) is 11.8 Å². The second kappa shape index (κ2) is 5.49. The number of methoxy groups -OCH3 is 1. The van der Waals surface area contributed by atoms with Gasteiger partial charge in [0, 0.05) is 39.6 Å². The maximum atomic E-state index is 12.9. The smallest absolute Gasteiger partial charge is 0.270 e. The van der Waals surface area contributed by atoms with Crippen LogP contribution < -0.4 is 0 Å². The second-order valence-electron chi connectivity index (χ2n) is 6.49. The van der Waals surface area contributed by atoms with Gasteiger partial charge in [0.1, 0.15) is 5.69 Å². The van der Waals surface area contributed by atoms with E-state index in [4.69, 9.17) is 4.74 Å². The highest BCUT2D eigenvalue weighted by atomic mass is 16.5. The zero-order chi connectivity index (χ0) is 16.0. The fourth-order valence-electron chi connectivity index (χ4n) is 3.46. The zero-order valence-electron chi connectivity index (χ0n) is 13.4. The van der Waals surface area contributed by atoms with Crippen molar-refractivity contribution in [2.24, 2.45) is 7.05 Å². The van der Waals surface area contributed by atoms with Crippen LogP contribution in [0.4, 0.5) is 0 Å². The van der Waals surface area contributed by atoms with Crippen molar-refractivity contribution in [3.8, 4) is 0 Å². The number of ether oxygens (including phenoxy) is 1. The Balaban J connectivity index is 1.55. The summed E-state index contributed by atoms with van der Waals surface area (Å²) < 4.78 is 7.28. The molecule has 1 N–H and O–H groups in total. The van der Waals surface area contributed by atoms with Gasteiger partial charge in [-0.05, 0) is 30.4 Å². The van der Waals surface area contributed by atoms with Gasteiger partial charge in [-0.3, -0.25) is 9.48 Å². The Labute approximate surface area is 134 Å². The summed E-state index contributed by atoms with van der Waals surface area (Å²) in [4.78, 5) is 17.9. The van der Waals surface area contributed by atoms with E-state index in [2.05, 4.69) is 15.3 Å². The molecule has 1 aliphatic carbocycles. The van der Waals surface area contributed by atoms with Crippen molar-refractivity contribution in [2.45, 2.75) is 30.8 Å². The lowest BCUT2D eigenvalue weighted by Gasteiger charge is -2.16. The number of aromatic amines is 1. The SMILES string of the molecule is CO[C@@H]1CN(C(=O)c2[nH]ccc2C2CC2)C[C@H]1c1cn(C)nn1. The summed E-state index contributed by atoms with van der Waals surface area (Å²) in [5.41, 5.74) is 2.78. The van der Waals surface area contributed by atoms with E-state index in [9.17, 15) is 4.79 Å². The first-order valence-corrected chi connectivity index (χ1v) is 8.03. The topological polar surface area (TPSA) is 76.0 Å². The van der Waals surface area contributed by atoms with Crippen LogP contribution in [0.3, 0.4) is 0 Å². The van der Waals surface area contributed by atoms with E-state index in [1.807, 2.05) is 30.4 Å². The van der Waals surface area contributed by atoms with Gasteiger partial charge in [-0.2, -0.15) is 0 Å². The van der Waals surface area contributed by atoms with Crippen molar-refractivity contribution >= 4 is 5.91 Å². The van der Waals surface area contributed by atoms with Crippen molar-refractivity contribution in [3.05, 3.63) is 35.4 Å². The van der Waals surface area contributed by atoms with Gasteiger partial charge in [-0.25, -0.2) is 0 Å². The molecule has 4 rings (SSSR count). The number of H-pyrrole nitrogens is 1. The molecule has 2 fully saturated rings. The molecule has 0 aromatic carbocycles. The summed E-state index contributed by atoms with van der Waals surface area (Å²) in [6.45, 7) is 1.19. The number of nitrogens with one attached hydrogen (secondary N) is 1. The normalized spacial score (nSPS) is 24.3. The first kappa shape index (κ1) is 14.4. The molecule has 23 heavy (non-hydrogen) atoms. The van der Waals surface area contributed by atoms with Gasteiger partial charge < -0.3 is 14.6 Å². The third-order valence-electron chi connectivity index (χ3n) is 4.87. The lowest BCUT2D eigenvalue weighted by Crippen LogP contribution is -2.30. The van der Waals surface area contributed by atoms with Gasteiger partial charge in [0.05, 0.1) is 17.7 Å². The molecule has 1 saturated carbocycles. The minimum atomic E-state index is -0.0463. The summed E-state index contributed by atoms with van der Waals surface area (Å²) in [6, 6.07) is 2.04. The fraction of sp³-hybridized carbons (Fsp3) is 0.562. The number of hydrogen-bond donors (Lipinski definition) is 1. The molecule has 7 heteroatoms. The van der Waals surface area contributed by atoms with E-state index in [0.717, 1.165) is 17.0 Å². The number of nitrogens with zero attached hydrogens (tertiary/aromatic N) is 4. The highest BCUT2D eigenvalue weighted by Crippen LogP contribution is 2.42. The molecule has 122 valence electrons. The number of aryl methyl sites for hydroxylation is 1. The average molecular weight is 315 g/mol. The number of hydrogen-bond acceptors (Lipinski definition) is 4. The van der Waals surface area contributed by atoms with Crippen molar-refractivity contribution < 1.29 is 9.53 Å². The van der Waals surface area contributed by atoms with Crippen LogP contribution in [0, 0.1) is 0 Å². The van der Waals surface area contributed by atoms with Gasteiger partial charge in [-0.1, -0.05) is 5.21 Å². The second-order valence-corrected chi connectivity index (χ2v) is 6.49. The molecule has 0 spiro atoms. The Bertz CT molecular complexity index is 718. The van der Waals surface area contributed by atoms with Crippen LogP contribution in [0.5, 0.6) is 0 Å². The van der Waals surface area contributed by atoms with Crippen LogP contribution in [-0.4, -0.2) is 57.1 Å². The molecule has 1 aliphatic heterocycles. The predicted molar refractivity (Wildman–Crippen MR) is 83.2 cm³/mol. The molecule has 2 aliphatic rings. The summed E-state index contributed by atoms with van der Waals surface area (Å²) >= 11 is 0. The largest absolute Gasteiger partial charge is 0.379 e. The molecule has 0 unspecified atom stereocenters. The van der Waals surface area contributed by atoms with Crippen LogP contribution in [0.15, 0.2) is 18.5 Å². The number of aromatic nitrogens is 4. The summed E-state index contributed by atoms with van der Waals surface area (Å²) in [5, 5.41) is 8.19. The zero-order valence-corrected chi connectivity index (χ0v) is 13.4. The highest BCUT2D eigenvalue weighted by molar-refractivity contribution is 5.94. The molecule has 2 aromatic heterocycles. The Hall–Kier alpha value is -2.15. The lowest BCUT2D eigenvalue weighted by molar-refractivity contribution is 0.0709. The van der Waals surface area contributed by atoms with Gasteiger partial charge in [0.2, 0.25) is 0 Å². The molecule has 0 radical (unpaired) electrons. The Kier molecular flexibility index (Phi) is 3.45. The van der Waals surface area contributed by atoms with Crippen LogP contribution in [-0.2, 0) is 11.8 Å². The van der Waals surface area contributed by atoms with Crippen molar-refractivity contribution in [2.75, 3.05) is 20.2 Å². The molecule has 2 aromatic rings. The van der Waals surface area contributed by atoms with Gasteiger partial charge in [0.25, 0.3) is 5.91 Å². The Morgan fingerprint density at radius 2 is 2.22 bits per heavy atom. The first-order chi connectivity index (χ1) is 11.2. The number of carbonyl (C=O) groups is 1. The van der Waals surface area contributed by atoms with Crippen LogP contribution in [0.25, 0.3) is 0 Å². The van der Waals surface area contributed by atoms with Gasteiger partial charge in [0.15, 0.2) is 0 Å². The summed E-state index contributed by atoms with van der Waals surface area (Å²) in [5.74, 6) is 0.680. The molecule has 7 nitrogen and oxygen atoms in total.